The molecule has 0 fully saturated rings. The molecule has 0 spiro atoms. The Hall–Kier alpha value is -0.500. The highest BCUT2D eigenvalue weighted by molar-refractivity contribution is 6.31. The molecule has 0 saturated heterocycles. The maximum absolute atomic E-state index is 6.05. The van der Waals surface area contributed by atoms with E-state index in [0.717, 1.165) is 17.1 Å². The summed E-state index contributed by atoms with van der Waals surface area (Å²) >= 11 is 11.5. The van der Waals surface area contributed by atoms with Gasteiger partial charge in [0, 0.05) is 23.1 Å². The highest BCUT2D eigenvalue weighted by Crippen LogP contribution is 2.21. The van der Waals surface area contributed by atoms with Gasteiger partial charge in [0.25, 0.3) is 0 Å². The van der Waals surface area contributed by atoms with Gasteiger partial charge < -0.3 is 5.32 Å². The van der Waals surface area contributed by atoms with Crippen LogP contribution in [-0.4, -0.2) is 6.54 Å². The molecule has 0 saturated carbocycles. The molecule has 1 nitrogen and oxygen atoms in total. The topological polar surface area (TPSA) is 12.0 Å². The Morgan fingerprint density at radius 3 is 2.79 bits per heavy atom. The van der Waals surface area contributed by atoms with Crippen LogP contribution in [0.15, 0.2) is 35.9 Å². The molecule has 0 radical (unpaired) electrons. The molecule has 0 aliphatic rings. The van der Waals surface area contributed by atoms with Gasteiger partial charge in [-0.05, 0) is 18.6 Å². The van der Waals surface area contributed by atoms with Gasteiger partial charge in [0.1, 0.15) is 0 Å². The van der Waals surface area contributed by atoms with Crippen molar-refractivity contribution in [3.8, 4) is 0 Å². The van der Waals surface area contributed by atoms with Gasteiger partial charge in [0.2, 0.25) is 0 Å². The highest BCUT2D eigenvalue weighted by Gasteiger charge is 2.06. The quantitative estimate of drug-likeness (QED) is 0.830. The van der Waals surface area contributed by atoms with Crippen LogP contribution >= 0.6 is 23.2 Å². The van der Waals surface area contributed by atoms with Gasteiger partial charge in [0.15, 0.2) is 0 Å². The molecule has 1 aromatic rings. The van der Waals surface area contributed by atoms with Crippen molar-refractivity contribution in [2.75, 3.05) is 6.54 Å². The minimum absolute atomic E-state index is 0.233. The smallest absolute Gasteiger partial charge is 0.0453 e. The molecule has 1 aromatic carbocycles. The van der Waals surface area contributed by atoms with Gasteiger partial charge in [-0.2, -0.15) is 0 Å². The summed E-state index contributed by atoms with van der Waals surface area (Å²) in [5.74, 6) is 0. The summed E-state index contributed by atoms with van der Waals surface area (Å²) in [6.45, 7) is 2.82. The number of benzene rings is 1. The SMILES string of the molecule is C[C@H](NC/C=C/Cl)c1ccccc1Cl. The Kier molecular flexibility index (Phi) is 5.02. The van der Waals surface area contributed by atoms with Gasteiger partial charge in [-0.3, -0.25) is 0 Å². The first-order valence-corrected chi connectivity index (χ1v) is 5.30. The Labute approximate surface area is 94.7 Å². The molecule has 1 atom stereocenters. The summed E-state index contributed by atoms with van der Waals surface area (Å²) in [6.07, 6.45) is 1.86. The van der Waals surface area contributed by atoms with Crippen molar-refractivity contribution in [1.82, 2.24) is 5.32 Å². The number of hydrogen-bond acceptors (Lipinski definition) is 1. The van der Waals surface area contributed by atoms with Crippen LogP contribution in [0.5, 0.6) is 0 Å². The fourth-order valence-corrected chi connectivity index (χ4v) is 1.61. The molecule has 14 heavy (non-hydrogen) atoms. The highest BCUT2D eigenvalue weighted by atomic mass is 35.5. The van der Waals surface area contributed by atoms with Crippen molar-refractivity contribution in [3.05, 3.63) is 46.5 Å². The normalized spacial score (nSPS) is 13.4. The minimum Gasteiger partial charge on any atom is -0.307 e. The second-order valence-electron chi connectivity index (χ2n) is 3.01. The molecule has 76 valence electrons. The van der Waals surface area contributed by atoms with E-state index in [1.807, 2.05) is 30.3 Å². The molecule has 1 rings (SSSR count). The Morgan fingerprint density at radius 2 is 2.14 bits per heavy atom. The predicted molar refractivity (Wildman–Crippen MR) is 62.9 cm³/mol. The van der Waals surface area contributed by atoms with E-state index in [0.29, 0.717) is 0 Å². The van der Waals surface area contributed by atoms with Crippen molar-refractivity contribution < 1.29 is 0 Å². The lowest BCUT2D eigenvalue weighted by Crippen LogP contribution is -2.18. The van der Waals surface area contributed by atoms with Crippen LogP contribution in [0.2, 0.25) is 5.02 Å². The number of rotatable bonds is 4. The molecule has 1 N–H and O–H groups in total. The van der Waals surface area contributed by atoms with Crippen LogP contribution in [-0.2, 0) is 0 Å². The van der Waals surface area contributed by atoms with Crippen LogP contribution in [0.25, 0.3) is 0 Å². The first kappa shape index (κ1) is 11.6. The maximum atomic E-state index is 6.05. The minimum atomic E-state index is 0.233. The molecule has 0 amide bonds. The zero-order valence-electron chi connectivity index (χ0n) is 8.00. The third-order valence-electron chi connectivity index (χ3n) is 2.00. The van der Waals surface area contributed by atoms with E-state index >= 15 is 0 Å². The van der Waals surface area contributed by atoms with Gasteiger partial charge in [-0.25, -0.2) is 0 Å². The van der Waals surface area contributed by atoms with E-state index in [9.17, 15) is 0 Å². The van der Waals surface area contributed by atoms with Crippen molar-refractivity contribution in [3.63, 3.8) is 0 Å². The van der Waals surface area contributed by atoms with E-state index in [-0.39, 0.29) is 6.04 Å². The Balaban J connectivity index is 2.60. The zero-order chi connectivity index (χ0) is 10.4. The molecule has 0 aliphatic heterocycles. The number of halogens is 2. The van der Waals surface area contributed by atoms with Gasteiger partial charge in [0.05, 0.1) is 0 Å². The fraction of sp³-hybridized carbons (Fsp3) is 0.273. The van der Waals surface area contributed by atoms with Crippen molar-refractivity contribution >= 4 is 23.2 Å². The molecular weight excluding hydrogens is 217 g/mol. The molecular formula is C11H13Cl2N. The monoisotopic (exact) mass is 229 g/mol. The standard InChI is InChI=1S/C11H13Cl2N/c1-9(14-8-4-7-12)10-5-2-3-6-11(10)13/h2-7,9,14H,8H2,1H3/b7-4+/t9-/m0/s1. The average molecular weight is 230 g/mol. The fourth-order valence-electron chi connectivity index (χ4n) is 1.23. The summed E-state index contributed by atoms with van der Waals surface area (Å²) in [7, 11) is 0. The largest absolute Gasteiger partial charge is 0.307 e. The van der Waals surface area contributed by atoms with E-state index in [2.05, 4.69) is 12.2 Å². The predicted octanol–water partition coefficient (Wildman–Crippen LogP) is 3.74. The molecule has 0 aromatic heterocycles. The maximum Gasteiger partial charge on any atom is 0.0453 e. The number of hydrogen-bond donors (Lipinski definition) is 1. The molecule has 0 unspecified atom stereocenters. The van der Waals surface area contributed by atoms with Crippen molar-refractivity contribution in [1.29, 1.82) is 0 Å². The lowest BCUT2D eigenvalue weighted by atomic mass is 10.1. The first-order valence-electron chi connectivity index (χ1n) is 4.48. The van der Waals surface area contributed by atoms with Gasteiger partial charge >= 0.3 is 0 Å². The van der Waals surface area contributed by atoms with E-state index < -0.39 is 0 Å². The van der Waals surface area contributed by atoms with E-state index in [4.69, 9.17) is 23.2 Å². The van der Waals surface area contributed by atoms with Crippen molar-refractivity contribution in [2.24, 2.45) is 0 Å². The van der Waals surface area contributed by atoms with Gasteiger partial charge in [-0.15, -0.1) is 0 Å². The number of nitrogens with one attached hydrogen (secondary N) is 1. The van der Waals surface area contributed by atoms with Crippen LogP contribution in [0.1, 0.15) is 18.5 Å². The molecule has 0 heterocycles. The van der Waals surface area contributed by atoms with Crippen molar-refractivity contribution in [2.45, 2.75) is 13.0 Å². The summed E-state index contributed by atoms with van der Waals surface area (Å²) in [6, 6.07) is 8.06. The lowest BCUT2D eigenvalue weighted by Gasteiger charge is -2.13. The third kappa shape index (κ3) is 3.33. The Bertz CT molecular complexity index is 310. The van der Waals surface area contributed by atoms with Gasteiger partial charge in [-0.1, -0.05) is 47.5 Å². The van der Waals surface area contributed by atoms with Crippen LogP contribution in [0.4, 0.5) is 0 Å². The van der Waals surface area contributed by atoms with E-state index in [1.165, 1.54) is 5.54 Å². The summed E-state index contributed by atoms with van der Waals surface area (Å²) in [5, 5.41) is 4.08. The second-order valence-corrected chi connectivity index (χ2v) is 3.67. The second kappa shape index (κ2) is 6.07. The molecule has 3 heteroatoms. The molecule has 0 aliphatic carbocycles. The average Bonchev–Trinajstić information content (AvgIpc) is 2.18. The summed E-state index contributed by atoms with van der Waals surface area (Å²) in [4.78, 5) is 0. The van der Waals surface area contributed by atoms with Crippen LogP contribution < -0.4 is 5.32 Å². The zero-order valence-corrected chi connectivity index (χ0v) is 9.52. The van der Waals surface area contributed by atoms with E-state index in [1.54, 1.807) is 0 Å². The lowest BCUT2D eigenvalue weighted by molar-refractivity contribution is 0.618. The first-order chi connectivity index (χ1) is 6.75. The Morgan fingerprint density at radius 1 is 1.43 bits per heavy atom. The third-order valence-corrected chi connectivity index (χ3v) is 2.53. The van der Waals surface area contributed by atoms with Crippen LogP contribution in [0, 0.1) is 0 Å². The summed E-state index contributed by atoms with van der Waals surface area (Å²) < 4.78 is 0. The molecule has 0 bridgehead atoms. The van der Waals surface area contributed by atoms with Crippen LogP contribution in [0.3, 0.4) is 0 Å². The summed E-state index contributed by atoms with van der Waals surface area (Å²) in [5.41, 5.74) is 2.61.